The van der Waals surface area contributed by atoms with Crippen LogP contribution in [0, 0.1) is 11.8 Å². The van der Waals surface area contributed by atoms with E-state index in [0.717, 1.165) is 25.7 Å². The Bertz CT molecular complexity index is 346. The largest absolute Gasteiger partial charge is 0.392 e. The minimum absolute atomic E-state index is 0.0350. The number of hydrogen-bond donors (Lipinski definition) is 2. The van der Waals surface area contributed by atoms with Crippen LogP contribution < -0.4 is 10.5 Å². The zero-order valence-electron chi connectivity index (χ0n) is 8.48. The number of rotatable bonds is 6. The summed E-state index contributed by atoms with van der Waals surface area (Å²) in [5.41, 5.74) is 5.25. The molecule has 15 heavy (non-hydrogen) atoms. The molecule has 2 rings (SSSR count). The molecule has 0 aromatic carbocycles. The molecule has 2 saturated carbocycles. The average molecular weight is 248 g/mol. The number of thiocarbonyl (C=S) groups is 1. The molecule has 0 aromatic heterocycles. The summed E-state index contributed by atoms with van der Waals surface area (Å²) in [5.74, 6) is 0.885. The molecule has 0 amide bonds. The summed E-state index contributed by atoms with van der Waals surface area (Å²) >= 11 is 4.62. The second-order valence-electron chi connectivity index (χ2n) is 4.54. The standard InChI is InChI=1S/C9H16N2O2S2/c10-8(14)5-15(12,13)11-9(6-1-2-6)7-3-4-7/h6-7,9,11H,1-5H2,(H2,10,14). The first-order valence-corrected chi connectivity index (χ1v) is 7.32. The van der Waals surface area contributed by atoms with Gasteiger partial charge in [-0.3, -0.25) is 0 Å². The normalized spacial score (nSPS) is 21.9. The lowest BCUT2D eigenvalue weighted by Crippen LogP contribution is -2.41. The molecule has 6 heteroatoms. The molecule has 86 valence electrons. The van der Waals surface area contributed by atoms with Gasteiger partial charge in [-0.1, -0.05) is 12.2 Å². The molecule has 0 unspecified atom stereocenters. The van der Waals surface area contributed by atoms with Gasteiger partial charge in [-0.2, -0.15) is 0 Å². The van der Waals surface area contributed by atoms with Crippen molar-refractivity contribution < 1.29 is 8.42 Å². The Kier molecular flexibility index (Phi) is 3.00. The minimum atomic E-state index is -3.31. The molecule has 0 saturated heterocycles. The van der Waals surface area contributed by atoms with E-state index in [1.165, 1.54) is 0 Å². The highest BCUT2D eigenvalue weighted by Gasteiger charge is 2.43. The smallest absolute Gasteiger partial charge is 0.218 e. The molecule has 4 nitrogen and oxygen atoms in total. The van der Waals surface area contributed by atoms with Crippen LogP contribution in [0.15, 0.2) is 0 Å². The fraction of sp³-hybridized carbons (Fsp3) is 0.889. The molecule has 2 fully saturated rings. The Balaban J connectivity index is 1.95. The molecule has 2 aliphatic rings. The summed E-state index contributed by atoms with van der Waals surface area (Å²) in [7, 11) is -3.31. The van der Waals surface area contributed by atoms with Crippen molar-refractivity contribution in [2.45, 2.75) is 31.7 Å². The second kappa shape index (κ2) is 3.99. The van der Waals surface area contributed by atoms with Crippen LogP contribution in [-0.4, -0.2) is 25.2 Å². The summed E-state index contributed by atoms with van der Waals surface area (Å²) in [5, 5.41) is 0. The Hall–Kier alpha value is -0.200. The first-order chi connectivity index (χ1) is 6.98. The van der Waals surface area contributed by atoms with Gasteiger partial charge in [-0.25, -0.2) is 13.1 Å². The zero-order chi connectivity index (χ0) is 11.1. The van der Waals surface area contributed by atoms with E-state index in [1.54, 1.807) is 0 Å². The van der Waals surface area contributed by atoms with Gasteiger partial charge in [0, 0.05) is 6.04 Å². The number of nitrogens with two attached hydrogens (primary N) is 1. The third kappa shape index (κ3) is 3.39. The van der Waals surface area contributed by atoms with Crippen molar-refractivity contribution in [2.75, 3.05) is 5.75 Å². The maximum absolute atomic E-state index is 11.6. The molecule has 0 spiro atoms. The van der Waals surface area contributed by atoms with Gasteiger partial charge in [0.15, 0.2) is 0 Å². The third-order valence-electron chi connectivity index (χ3n) is 2.91. The van der Waals surface area contributed by atoms with Crippen LogP contribution >= 0.6 is 12.2 Å². The van der Waals surface area contributed by atoms with E-state index >= 15 is 0 Å². The van der Waals surface area contributed by atoms with Gasteiger partial charge in [0.05, 0.1) is 4.99 Å². The zero-order valence-corrected chi connectivity index (χ0v) is 10.1. The molecule has 0 radical (unpaired) electrons. The lowest BCUT2D eigenvalue weighted by Gasteiger charge is -2.17. The minimum Gasteiger partial charge on any atom is -0.392 e. The number of hydrogen-bond acceptors (Lipinski definition) is 3. The van der Waals surface area contributed by atoms with Gasteiger partial charge >= 0.3 is 0 Å². The average Bonchev–Trinajstić information content (AvgIpc) is 2.94. The highest BCUT2D eigenvalue weighted by molar-refractivity contribution is 7.92. The van der Waals surface area contributed by atoms with Gasteiger partial charge in [-0.05, 0) is 37.5 Å². The lowest BCUT2D eigenvalue weighted by atomic mass is 10.1. The van der Waals surface area contributed by atoms with E-state index in [2.05, 4.69) is 16.9 Å². The third-order valence-corrected chi connectivity index (χ3v) is 4.56. The van der Waals surface area contributed by atoms with Crippen molar-refractivity contribution in [1.82, 2.24) is 4.72 Å². The predicted molar refractivity (Wildman–Crippen MR) is 62.9 cm³/mol. The molecule has 3 N–H and O–H groups in total. The van der Waals surface area contributed by atoms with Gasteiger partial charge in [0.25, 0.3) is 0 Å². The van der Waals surface area contributed by atoms with Crippen molar-refractivity contribution in [3.63, 3.8) is 0 Å². The van der Waals surface area contributed by atoms with Crippen LogP contribution in [0.3, 0.4) is 0 Å². The summed E-state index contributed by atoms with van der Waals surface area (Å²) in [6.45, 7) is 0. The van der Waals surface area contributed by atoms with E-state index in [1.807, 2.05) is 0 Å². The fourth-order valence-electron chi connectivity index (χ4n) is 1.92. The van der Waals surface area contributed by atoms with Crippen LogP contribution in [0.5, 0.6) is 0 Å². The lowest BCUT2D eigenvalue weighted by molar-refractivity contribution is 0.473. The first kappa shape index (κ1) is 11.3. The monoisotopic (exact) mass is 248 g/mol. The molecule has 0 bridgehead atoms. The molecule has 0 aromatic rings. The number of nitrogens with one attached hydrogen (secondary N) is 1. The van der Waals surface area contributed by atoms with Crippen molar-refractivity contribution >= 4 is 27.2 Å². The Morgan fingerprint density at radius 1 is 1.33 bits per heavy atom. The molecule has 2 aliphatic carbocycles. The van der Waals surface area contributed by atoms with E-state index in [-0.39, 0.29) is 16.8 Å². The fourth-order valence-corrected chi connectivity index (χ4v) is 3.65. The highest BCUT2D eigenvalue weighted by Crippen LogP contribution is 2.44. The number of sulfonamides is 1. The Labute approximate surface area is 95.7 Å². The molecule has 0 atom stereocenters. The van der Waals surface area contributed by atoms with Crippen LogP contribution in [0.1, 0.15) is 25.7 Å². The second-order valence-corrected chi connectivity index (χ2v) is 6.82. The van der Waals surface area contributed by atoms with Crippen LogP contribution in [-0.2, 0) is 10.0 Å². The maximum Gasteiger partial charge on any atom is 0.218 e. The van der Waals surface area contributed by atoms with Crippen LogP contribution in [0.2, 0.25) is 0 Å². The maximum atomic E-state index is 11.6. The predicted octanol–water partition coefficient (Wildman–Crippen LogP) is 0.380. The topological polar surface area (TPSA) is 72.2 Å². The summed E-state index contributed by atoms with van der Waals surface area (Å²) in [6.07, 6.45) is 4.60. The van der Waals surface area contributed by atoms with Gasteiger partial charge < -0.3 is 5.73 Å². The van der Waals surface area contributed by atoms with Gasteiger partial charge in [-0.15, -0.1) is 0 Å². The molecular formula is C9H16N2O2S2. The molecular weight excluding hydrogens is 232 g/mol. The Morgan fingerprint density at radius 3 is 2.13 bits per heavy atom. The van der Waals surface area contributed by atoms with Gasteiger partial charge in [0.1, 0.15) is 5.75 Å². The van der Waals surface area contributed by atoms with Gasteiger partial charge in [0.2, 0.25) is 10.0 Å². The van der Waals surface area contributed by atoms with E-state index in [9.17, 15) is 8.42 Å². The van der Waals surface area contributed by atoms with E-state index in [4.69, 9.17) is 5.73 Å². The van der Waals surface area contributed by atoms with E-state index in [0.29, 0.717) is 11.8 Å². The summed E-state index contributed by atoms with van der Waals surface area (Å²) in [6, 6.07) is 0.143. The first-order valence-electron chi connectivity index (χ1n) is 5.26. The highest BCUT2D eigenvalue weighted by atomic mass is 32.2. The van der Waals surface area contributed by atoms with Crippen LogP contribution in [0.25, 0.3) is 0 Å². The molecule has 0 heterocycles. The molecule has 0 aliphatic heterocycles. The summed E-state index contributed by atoms with van der Waals surface area (Å²) in [4.78, 5) is 0.0350. The van der Waals surface area contributed by atoms with Crippen molar-refractivity contribution in [2.24, 2.45) is 17.6 Å². The quantitative estimate of drug-likeness (QED) is 0.667. The van der Waals surface area contributed by atoms with Crippen molar-refractivity contribution in [1.29, 1.82) is 0 Å². The van der Waals surface area contributed by atoms with Crippen molar-refractivity contribution in [3.8, 4) is 0 Å². The Morgan fingerprint density at radius 2 is 1.80 bits per heavy atom. The van der Waals surface area contributed by atoms with E-state index < -0.39 is 10.0 Å². The van der Waals surface area contributed by atoms with Crippen LogP contribution in [0.4, 0.5) is 0 Å². The summed E-state index contributed by atoms with van der Waals surface area (Å²) < 4.78 is 26.0. The van der Waals surface area contributed by atoms with Crippen molar-refractivity contribution in [3.05, 3.63) is 0 Å². The SMILES string of the molecule is NC(=S)CS(=O)(=O)NC(C1CC1)C1CC1.